The highest BCUT2D eigenvalue weighted by Gasteiger charge is 2.06. The predicted molar refractivity (Wildman–Crippen MR) is 117 cm³/mol. The third-order valence-electron chi connectivity index (χ3n) is 3.73. The van der Waals surface area contributed by atoms with Crippen molar-refractivity contribution >= 4 is 28.7 Å². The molecule has 0 atom stereocenters. The molecule has 0 unspecified atom stereocenters. The van der Waals surface area contributed by atoms with Gasteiger partial charge >= 0.3 is 0 Å². The van der Waals surface area contributed by atoms with Crippen molar-refractivity contribution in [2.24, 2.45) is 0 Å². The number of hydrogen-bond acceptors (Lipinski definition) is 5. The zero-order chi connectivity index (χ0) is 22.0. The zero-order valence-corrected chi connectivity index (χ0v) is 16.1. The number of ketones is 1. The SMILES string of the molecule is N=C=O.N=C=O.O=C(c1ccccc1)c1ccccc1.c1ccc2ccccc2c1. The minimum Gasteiger partial charge on any atom is -0.289 e. The number of isocyanates is 2. The van der Waals surface area contributed by atoms with Gasteiger partial charge in [-0.25, -0.2) is 20.4 Å². The molecule has 0 aliphatic heterocycles. The molecule has 0 heterocycles. The average Bonchev–Trinajstić information content (AvgIpc) is 2.81. The molecule has 5 heteroatoms. The van der Waals surface area contributed by atoms with Gasteiger partial charge in [-0.05, 0) is 10.8 Å². The largest absolute Gasteiger partial charge is 0.289 e. The smallest absolute Gasteiger partial charge is 0.231 e. The van der Waals surface area contributed by atoms with Crippen LogP contribution >= 0.6 is 0 Å². The zero-order valence-electron chi connectivity index (χ0n) is 16.1. The maximum atomic E-state index is 11.8. The molecule has 0 aliphatic rings. The van der Waals surface area contributed by atoms with E-state index in [0.717, 1.165) is 23.3 Å². The molecule has 0 aliphatic carbocycles. The fraction of sp³-hybridized carbons (Fsp3) is 0. The molecule has 5 nitrogen and oxygen atoms in total. The monoisotopic (exact) mass is 396 g/mol. The van der Waals surface area contributed by atoms with E-state index in [1.165, 1.54) is 10.8 Å². The van der Waals surface area contributed by atoms with Gasteiger partial charge in [0, 0.05) is 11.1 Å². The van der Waals surface area contributed by atoms with Crippen LogP contribution in [0.25, 0.3) is 10.8 Å². The maximum Gasteiger partial charge on any atom is 0.231 e. The van der Waals surface area contributed by atoms with Crippen molar-refractivity contribution in [3.8, 4) is 0 Å². The summed E-state index contributed by atoms with van der Waals surface area (Å²) in [5, 5.41) is 13.4. The molecule has 0 saturated carbocycles. The van der Waals surface area contributed by atoms with Crippen molar-refractivity contribution < 1.29 is 14.4 Å². The first-order chi connectivity index (χ1) is 14.7. The molecule has 0 spiro atoms. The van der Waals surface area contributed by atoms with Crippen molar-refractivity contribution in [2.45, 2.75) is 0 Å². The number of nitrogens with one attached hydrogen (secondary N) is 2. The summed E-state index contributed by atoms with van der Waals surface area (Å²) in [6.07, 6.45) is 1.50. The van der Waals surface area contributed by atoms with E-state index >= 15 is 0 Å². The van der Waals surface area contributed by atoms with Gasteiger partial charge in [0.1, 0.15) is 0 Å². The summed E-state index contributed by atoms with van der Waals surface area (Å²) in [5.41, 5.74) is 1.47. The van der Waals surface area contributed by atoms with Crippen LogP contribution in [0.1, 0.15) is 15.9 Å². The summed E-state index contributed by atoms with van der Waals surface area (Å²) in [6.45, 7) is 0. The quantitative estimate of drug-likeness (QED) is 0.264. The summed E-state index contributed by atoms with van der Waals surface area (Å²) < 4.78 is 0. The summed E-state index contributed by atoms with van der Waals surface area (Å²) in [5.74, 6) is 0.0752. The molecule has 0 radical (unpaired) electrons. The fourth-order valence-corrected chi connectivity index (χ4v) is 2.48. The minimum atomic E-state index is 0.0752. The lowest BCUT2D eigenvalue weighted by molar-refractivity contribution is 0.103. The van der Waals surface area contributed by atoms with E-state index in [9.17, 15) is 4.79 Å². The highest BCUT2D eigenvalue weighted by Crippen LogP contribution is 2.11. The number of carbonyl (C=O) groups excluding carboxylic acids is 3. The van der Waals surface area contributed by atoms with Gasteiger partial charge in [-0.15, -0.1) is 0 Å². The molecule has 148 valence electrons. The Bertz CT molecular complexity index is 980. The Kier molecular flexibility index (Phi) is 11.5. The van der Waals surface area contributed by atoms with Gasteiger partial charge in [0.2, 0.25) is 12.2 Å². The Morgan fingerprint density at radius 3 is 1.00 bits per heavy atom. The second-order valence-electron chi connectivity index (χ2n) is 5.61. The fourth-order valence-electron chi connectivity index (χ4n) is 2.48. The van der Waals surface area contributed by atoms with Crippen molar-refractivity contribution in [1.82, 2.24) is 0 Å². The van der Waals surface area contributed by atoms with Gasteiger partial charge in [0.25, 0.3) is 0 Å². The van der Waals surface area contributed by atoms with E-state index in [0.29, 0.717) is 0 Å². The summed E-state index contributed by atoms with van der Waals surface area (Å²) in [6, 6.07) is 35.3. The van der Waals surface area contributed by atoms with Gasteiger partial charge < -0.3 is 0 Å². The van der Waals surface area contributed by atoms with Crippen LogP contribution in [0.15, 0.2) is 109 Å². The van der Waals surface area contributed by atoms with Gasteiger partial charge in [0.05, 0.1) is 0 Å². The average molecular weight is 396 g/mol. The van der Waals surface area contributed by atoms with E-state index in [1.54, 1.807) is 0 Å². The third-order valence-corrected chi connectivity index (χ3v) is 3.73. The maximum absolute atomic E-state index is 11.8. The van der Waals surface area contributed by atoms with Crippen molar-refractivity contribution in [1.29, 1.82) is 10.8 Å². The summed E-state index contributed by atoms with van der Waals surface area (Å²) in [4.78, 5) is 28.5. The Morgan fingerprint density at radius 1 is 0.500 bits per heavy atom. The molecular formula is C25H20N2O3. The number of fused-ring (bicyclic) bond motifs is 1. The van der Waals surface area contributed by atoms with Crippen LogP contribution in [-0.4, -0.2) is 17.9 Å². The van der Waals surface area contributed by atoms with Crippen LogP contribution in [0, 0.1) is 10.8 Å². The Hall–Kier alpha value is -4.43. The lowest BCUT2D eigenvalue weighted by Gasteiger charge is -1.99. The lowest BCUT2D eigenvalue weighted by Crippen LogP contribution is -1.99. The third kappa shape index (κ3) is 8.51. The molecular weight excluding hydrogens is 376 g/mol. The van der Waals surface area contributed by atoms with Crippen LogP contribution in [0.3, 0.4) is 0 Å². The van der Waals surface area contributed by atoms with Crippen LogP contribution in [-0.2, 0) is 9.59 Å². The topological polar surface area (TPSA) is 98.9 Å². The first kappa shape index (κ1) is 23.6. The van der Waals surface area contributed by atoms with Gasteiger partial charge in [-0.1, -0.05) is 109 Å². The molecule has 0 amide bonds. The highest BCUT2D eigenvalue weighted by molar-refractivity contribution is 6.08. The predicted octanol–water partition coefficient (Wildman–Crippen LogP) is 5.56. The number of hydrogen-bond donors (Lipinski definition) is 2. The van der Waals surface area contributed by atoms with Crippen LogP contribution in [0.4, 0.5) is 0 Å². The Morgan fingerprint density at radius 2 is 0.733 bits per heavy atom. The molecule has 0 bridgehead atoms. The molecule has 4 aromatic rings. The second-order valence-corrected chi connectivity index (χ2v) is 5.61. The first-order valence-electron chi connectivity index (χ1n) is 8.84. The number of rotatable bonds is 2. The molecule has 2 N–H and O–H groups in total. The van der Waals surface area contributed by atoms with E-state index in [1.807, 2.05) is 60.7 Å². The second kappa shape index (κ2) is 14.6. The molecule has 30 heavy (non-hydrogen) atoms. The van der Waals surface area contributed by atoms with Crippen molar-refractivity contribution in [3.05, 3.63) is 120 Å². The van der Waals surface area contributed by atoms with E-state index in [2.05, 4.69) is 48.5 Å². The first-order valence-corrected chi connectivity index (χ1v) is 8.84. The molecule has 0 aromatic heterocycles. The van der Waals surface area contributed by atoms with Crippen molar-refractivity contribution in [3.63, 3.8) is 0 Å². The molecule has 4 rings (SSSR count). The minimum absolute atomic E-state index is 0.0752. The van der Waals surface area contributed by atoms with Gasteiger partial charge in [-0.3, -0.25) is 4.79 Å². The van der Waals surface area contributed by atoms with Crippen LogP contribution < -0.4 is 0 Å². The molecule has 0 saturated heterocycles. The van der Waals surface area contributed by atoms with Gasteiger partial charge in [-0.2, -0.15) is 0 Å². The van der Waals surface area contributed by atoms with Crippen LogP contribution in [0.2, 0.25) is 0 Å². The summed E-state index contributed by atoms with van der Waals surface area (Å²) >= 11 is 0. The molecule has 4 aromatic carbocycles. The number of carbonyl (C=O) groups is 1. The van der Waals surface area contributed by atoms with E-state index in [-0.39, 0.29) is 5.78 Å². The summed E-state index contributed by atoms with van der Waals surface area (Å²) in [7, 11) is 0. The lowest BCUT2D eigenvalue weighted by atomic mass is 10.0. The Balaban J connectivity index is 0.000000245. The van der Waals surface area contributed by atoms with E-state index in [4.69, 9.17) is 20.4 Å². The van der Waals surface area contributed by atoms with Gasteiger partial charge in [0.15, 0.2) is 5.78 Å². The Labute approximate surface area is 174 Å². The normalized spacial score (nSPS) is 8.40. The van der Waals surface area contributed by atoms with Crippen LogP contribution in [0.5, 0.6) is 0 Å². The standard InChI is InChI=1S/C13H10O.C10H8.2CHNO/c14-13(11-7-3-1-4-8-11)12-9-5-2-6-10-12;1-2-6-10-8-4-3-7-9(10)5-1;2*2-1-3/h1-10H;1-8H;2*2H. The highest BCUT2D eigenvalue weighted by atomic mass is 16.1. The van der Waals surface area contributed by atoms with E-state index < -0.39 is 0 Å². The van der Waals surface area contributed by atoms with Crippen molar-refractivity contribution in [2.75, 3.05) is 0 Å². The molecule has 0 fully saturated rings. The number of benzene rings is 4.